The second kappa shape index (κ2) is 7.05. The van der Waals surface area contributed by atoms with Crippen molar-refractivity contribution in [3.05, 3.63) is 63.4 Å². The Balaban J connectivity index is 2.18. The Hall–Kier alpha value is -1.39. The van der Waals surface area contributed by atoms with Crippen molar-refractivity contribution in [2.75, 3.05) is 0 Å². The molecule has 0 spiro atoms. The molecule has 0 aliphatic carbocycles. The largest absolute Gasteiger partial charge is 0.489 e. The smallest absolute Gasteiger partial charge is 0.123 e. The van der Waals surface area contributed by atoms with Crippen LogP contribution in [0.5, 0.6) is 5.75 Å². The molecule has 0 saturated heterocycles. The van der Waals surface area contributed by atoms with E-state index in [0.717, 1.165) is 26.9 Å². The van der Waals surface area contributed by atoms with Gasteiger partial charge in [-0.25, -0.2) is 4.39 Å². The zero-order chi connectivity index (χ0) is 15.4. The summed E-state index contributed by atoms with van der Waals surface area (Å²) in [5.41, 5.74) is 8.24. The van der Waals surface area contributed by atoms with Gasteiger partial charge in [-0.15, -0.1) is 0 Å². The zero-order valence-electron chi connectivity index (χ0n) is 12.2. The zero-order valence-corrected chi connectivity index (χ0v) is 13.8. The number of hydrogen-bond acceptors (Lipinski definition) is 2. The molecule has 0 amide bonds. The van der Waals surface area contributed by atoms with Crippen LogP contribution in [-0.2, 0) is 13.2 Å². The Labute approximate surface area is 133 Å². The van der Waals surface area contributed by atoms with Crippen molar-refractivity contribution in [1.29, 1.82) is 0 Å². The van der Waals surface area contributed by atoms with Gasteiger partial charge in [-0.2, -0.15) is 0 Å². The van der Waals surface area contributed by atoms with E-state index in [1.165, 1.54) is 12.1 Å². The summed E-state index contributed by atoms with van der Waals surface area (Å²) in [4.78, 5) is 0. The normalized spacial score (nSPS) is 11.0. The molecular formula is C17H19BrFNO. The van der Waals surface area contributed by atoms with Gasteiger partial charge in [-0.05, 0) is 52.9 Å². The predicted octanol–water partition coefficient (Wildman–Crippen LogP) is 4.75. The van der Waals surface area contributed by atoms with Gasteiger partial charge < -0.3 is 10.5 Å². The van der Waals surface area contributed by atoms with Crippen LogP contribution in [0.15, 0.2) is 40.9 Å². The van der Waals surface area contributed by atoms with Gasteiger partial charge in [0.25, 0.3) is 0 Å². The number of halogens is 2. The van der Waals surface area contributed by atoms with E-state index < -0.39 is 0 Å². The lowest BCUT2D eigenvalue weighted by molar-refractivity contribution is 0.301. The standard InChI is InChI=1S/C17H19BrFNO/c1-11(2)16-8-14(18)3-4-17(16)21-10-13-5-12(9-20)6-15(19)7-13/h3-8,11H,9-10,20H2,1-2H3. The molecule has 0 radical (unpaired) electrons. The van der Waals surface area contributed by atoms with Gasteiger partial charge in [0.2, 0.25) is 0 Å². The summed E-state index contributed by atoms with van der Waals surface area (Å²) in [6.07, 6.45) is 0. The third kappa shape index (κ3) is 4.29. The van der Waals surface area contributed by atoms with Crippen molar-refractivity contribution in [3.8, 4) is 5.75 Å². The predicted molar refractivity (Wildman–Crippen MR) is 86.9 cm³/mol. The molecule has 2 aromatic rings. The van der Waals surface area contributed by atoms with Gasteiger partial charge >= 0.3 is 0 Å². The lowest BCUT2D eigenvalue weighted by Crippen LogP contribution is -2.03. The van der Waals surface area contributed by atoms with E-state index in [-0.39, 0.29) is 5.82 Å². The molecule has 4 heteroatoms. The Morgan fingerprint density at radius 3 is 2.52 bits per heavy atom. The molecule has 0 heterocycles. The van der Waals surface area contributed by atoms with Crippen molar-refractivity contribution >= 4 is 15.9 Å². The first-order chi connectivity index (χ1) is 9.99. The van der Waals surface area contributed by atoms with Crippen LogP contribution in [-0.4, -0.2) is 0 Å². The van der Waals surface area contributed by atoms with Crippen LogP contribution in [0.25, 0.3) is 0 Å². The number of rotatable bonds is 5. The molecule has 0 bridgehead atoms. The average molecular weight is 352 g/mol. The topological polar surface area (TPSA) is 35.2 Å². The third-order valence-corrected chi connectivity index (χ3v) is 3.73. The molecular weight excluding hydrogens is 333 g/mol. The minimum absolute atomic E-state index is 0.281. The van der Waals surface area contributed by atoms with Crippen LogP contribution in [0.2, 0.25) is 0 Å². The molecule has 0 aromatic heterocycles. The molecule has 0 aliphatic rings. The van der Waals surface area contributed by atoms with Crippen LogP contribution in [0.4, 0.5) is 4.39 Å². The number of nitrogens with two attached hydrogens (primary N) is 1. The molecule has 2 rings (SSSR count). The minimum atomic E-state index is -0.281. The summed E-state index contributed by atoms with van der Waals surface area (Å²) in [6, 6.07) is 10.7. The fourth-order valence-corrected chi connectivity index (χ4v) is 2.56. The Bertz CT molecular complexity index is 628. The van der Waals surface area contributed by atoms with Crippen LogP contribution in [0.1, 0.15) is 36.5 Å². The highest BCUT2D eigenvalue weighted by atomic mass is 79.9. The van der Waals surface area contributed by atoms with Crippen LogP contribution in [0, 0.1) is 5.82 Å². The fourth-order valence-electron chi connectivity index (χ4n) is 2.18. The van der Waals surface area contributed by atoms with Gasteiger partial charge in [-0.1, -0.05) is 35.8 Å². The van der Waals surface area contributed by atoms with E-state index in [4.69, 9.17) is 10.5 Å². The van der Waals surface area contributed by atoms with E-state index in [1.807, 2.05) is 18.2 Å². The lowest BCUT2D eigenvalue weighted by Gasteiger charge is -2.15. The molecule has 0 unspecified atom stereocenters. The minimum Gasteiger partial charge on any atom is -0.489 e. The number of ether oxygens (including phenoxy) is 1. The third-order valence-electron chi connectivity index (χ3n) is 3.24. The van der Waals surface area contributed by atoms with Crippen LogP contribution < -0.4 is 10.5 Å². The van der Waals surface area contributed by atoms with E-state index >= 15 is 0 Å². The summed E-state index contributed by atoms with van der Waals surface area (Å²) in [6.45, 7) is 4.87. The van der Waals surface area contributed by atoms with Crippen molar-refractivity contribution in [3.63, 3.8) is 0 Å². The summed E-state index contributed by atoms with van der Waals surface area (Å²) in [5.74, 6) is 0.896. The van der Waals surface area contributed by atoms with Crippen molar-refractivity contribution in [2.24, 2.45) is 5.73 Å². The van der Waals surface area contributed by atoms with E-state index in [0.29, 0.717) is 19.1 Å². The molecule has 0 saturated carbocycles. The molecule has 112 valence electrons. The van der Waals surface area contributed by atoms with Crippen molar-refractivity contribution in [1.82, 2.24) is 0 Å². The first-order valence-corrected chi connectivity index (χ1v) is 7.69. The van der Waals surface area contributed by atoms with Gasteiger partial charge in [-0.3, -0.25) is 0 Å². The van der Waals surface area contributed by atoms with Crippen molar-refractivity contribution < 1.29 is 9.13 Å². The second-order valence-corrected chi connectivity index (χ2v) is 6.21. The summed E-state index contributed by atoms with van der Waals surface area (Å²) in [7, 11) is 0. The van der Waals surface area contributed by atoms with E-state index in [1.54, 1.807) is 0 Å². The maximum absolute atomic E-state index is 13.5. The van der Waals surface area contributed by atoms with Gasteiger partial charge in [0.1, 0.15) is 18.2 Å². The number of benzene rings is 2. The highest BCUT2D eigenvalue weighted by Gasteiger charge is 2.09. The summed E-state index contributed by atoms with van der Waals surface area (Å²) >= 11 is 3.47. The summed E-state index contributed by atoms with van der Waals surface area (Å²) in [5, 5.41) is 0. The van der Waals surface area contributed by atoms with E-state index in [9.17, 15) is 4.39 Å². The molecule has 2 aromatic carbocycles. The lowest BCUT2D eigenvalue weighted by atomic mass is 10.0. The molecule has 0 aliphatic heterocycles. The molecule has 2 nitrogen and oxygen atoms in total. The first-order valence-electron chi connectivity index (χ1n) is 6.90. The SMILES string of the molecule is CC(C)c1cc(Br)ccc1OCc1cc(F)cc(CN)c1. The first kappa shape index (κ1) is 16.0. The fraction of sp³-hybridized carbons (Fsp3) is 0.294. The highest BCUT2D eigenvalue weighted by molar-refractivity contribution is 9.10. The van der Waals surface area contributed by atoms with E-state index in [2.05, 4.69) is 35.8 Å². The Morgan fingerprint density at radius 2 is 1.86 bits per heavy atom. The molecule has 21 heavy (non-hydrogen) atoms. The Kier molecular flexibility index (Phi) is 5.37. The van der Waals surface area contributed by atoms with Gasteiger partial charge in [0.15, 0.2) is 0 Å². The van der Waals surface area contributed by atoms with Crippen LogP contribution >= 0.6 is 15.9 Å². The molecule has 0 atom stereocenters. The van der Waals surface area contributed by atoms with Gasteiger partial charge in [0, 0.05) is 11.0 Å². The average Bonchev–Trinajstić information content (AvgIpc) is 2.45. The van der Waals surface area contributed by atoms with Crippen LogP contribution in [0.3, 0.4) is 0 Å². The maximum Gasteiger partial charge on any atom is 0.123 e. The Morgan fingerprint density at radius 1 is 1.14 bits per heavy atom. The quantitative estimate of drug-likeness (QED) is 0.843. The number of hydrogen-bond donors (Lipinski definition) is 1. The second-order valence-electron chi connectivity index (χ2n) is 5.30. The monoisotopic (exact) mass is 351 g/mol. The summed E-state index contributed by atoms with van der Waals surface area (Å²) < 4.78 is 20.4. The van der Waals surface area contributed by atoms with Gasteiger partial charge in [0.05, 0.1) is 0 Å². The van der Waals surface area contributed by atoms with Crippen molar-refractivity contribution in [2.45, 2.75) is 32.9 Å². The maximum atomic E-state index is 13.5. The highest BCUT2D eigenvalue weighted by Crippen LogP contribution is 2.30. The molecule has 2 N–H and O–H groups in total. The molecule has 0 fully saturated rings.